The Hall–Kier alpha value is -4.49. The highest BCUT2D eigenvalue weighted by Crippen LogP contribution is 2.39. The molecule has 0 unspecified atom stereocenters. The fourth-order valence-corrected chi connectivity index (χ4v) is 5.90. The fraction of sp³-hybridized carbons (Fsp3) is 0.273. The number of hydrogen-bond acceptors (Lipinski definition) is 7. The molecule has 0 saturated carbocycles. The SMILES string of the molecule is Cc1c(-c2nc3cc(C(C)(C)O)cc(C#N)c3o2)cccc1-c1cccc(NC(=O)c2nc3c(n2C)CCN(C)C3)c1Cl. The van der Waals surface area contributed by atoms with Crippen molar-refractivity contribution < 1.29 is 14.3 Å². The van der Waals surface area contributed by atoms with Gasteiger partial charge < -0.3 is 24.3 Å². The Labute approximate surface area is 254 Å². The number of nitriles is 1. The number of likely N-dealkylation sites (N-methyl/N-ethyl adjacent to an activating group) is 1. The Kier molecular flexibility index (Phi) is 7.09. The minimum Gasteiger partial charge on any atom is -0.435 e. The summed E-state index contributed by atoms with van der Waals surface area (Å²) >= 11 is 6.92. The van der Waals surface area contributed by atoms with Crippen molar-refractivity contribution in [2.75, 3.05) is 18.9 Å². The molecule has 1 aliphatic heterocycles. The largest absolute Gasteiger partial charge is 0.435 e. The highest BCUT2D eigenvalue weighted by atomic mass is 35.5. The molecule has 43 heavy (non-hydrogen) atoms. The van der Waals surface area contributed by atoms with Gasteiger partial charge in [-0.05, 0) is 68.8 Å². The van der Waals surface area contributed by atoms with Crippen molar-refractivity contribution >= 4 is 34.3 Å². The molecule has 0 saturated heterocycles. The van der Waals surface area contributed by atoms with Crippen LogP contribution >= 0.6 is 11.6 Å². The lowest BCUT2D eigenvalue weighted by Gasteiger charge is -2.21. The van der Waals surface area contributed by atoms with Gasteiger partial charge in [0.25, 0.3) is 5.91 Å². The third-order valence-corrected chi connectivity index (χ3v) is 8.48. The van der Waals surface area contributed by atoms with Gasteiger partial charge in [-0.2, -0.15) is 5.26 Å². The van der Waals surface area contributed by atoms with E-state index in [0.29, 0.717) is 51.2 Å². The molecule has 0 bridgehead atoms. The summed E-state index contributed by atoms with van der Waals surface area (Å²) < 4.78 is 7.97. The fourth-order valence-electron chi connectivity index (χ4n) is 5.62. The molecule has 0 radical (unpaired) electrons. The topological polar surface area (TPSA) is 120 Å². The summed E-state index contributed by atoms with van der Waals surface area (Å²) in [6, 6.07) is 16.8. The van der Waals surface area contributed by atoms with Crippen molar-refractivity contribution in [3.8, 4) is 28.7 Å². The van der Waals surface area contributed by atoms with Crippen LogP contribution in [-0.2, 0) is 25.6 Å². The molecule has 5 aromatic rings. The van der Waals surface area contributed by atoms with Crippen molar-refractivity contribution in [2.24, 2.45) is 7.05 Å². The molecule has 0 spiro atoms. The van der Waals surface area contributed by atoms with Crippen LogP contribution in [0, 0.1) is 18.3 Å². The first-order chi connectivity index (χ1) is 20.5. The van der Waals surface area contributed by atoms with E-state index in [-0.39, 0.29) is 5.91 Å². The molecular weight excluding hydrogens is 564 g/mol. The van der Waals surface area contributed by atoms with Gasteiger partial charge in [-0.25, -0.2) is 9.97 Å². The number of rotatable bonds is 5. The molecule has 3 heterocycles. The van der Waals surface area contributed by atoms with Crippen LogP contribution in [-0.4, -0.2) is 44.0 Å². The molecule has 1 amide bonds. The Bertz CT molecular complexity index is 1960. The number of amides is 1. The molecular formula is C33H31ClN6O3. The van der Waals surface area contributed by atoms with Crippen LogP contribution < -0.4 is 5.32 Å². The van der Waals surface area contributed by atoms with Crippen LogP contribution in [0.25, 0.3) is 33.7 Å². The monoisotopic (exact) mass is 594 g/mol. The second kappa shape index (κ2) is 10.7. The van der Waals surface area contributed by atoms with Gasteiger partial charge in [0.1, 0.15) is 11.6 Å². The third-order valence-electron chi connectivity index (χ3n) is 8.07. The number of hydrogen-bond donors (Lipinski definition) is 2. The molecule has 0 fully saturated rings. The average Bonchev–Trinajstić information content (AvgIpc) is 3.54. The first-order valence-corrected chi connectivity index (χ1v) is 14.3. The van der Waals surface area contributed by atoms with Gasteiger partial charge in [0.15, 0.2) is 11.4 Å². The maximum Gasteiger partial charge on any atom is 0.291 e. The highest BCUT2D eigenvalue weighted by Gasteiger charge is 2.25. The predicted octanol–water partition coefficient (Wildman–Crippen LogP) is 6.20. The second-order valence-electron chi connectivity index (χ2n) is 11.5. The first kappa shape index (κ1) is 28.6. The Morgan fingerprint density at radius 1 is 1.12 bits per heavy atom. The summed E-state index contributed by atoms with van der Waals surface area (Å²) in [6.07, 6.45) is 0.840. The molecule has 2 aromatic heterocycles. The van der Waals surface area contributed by atoms with Gasteiger partial charge >= 0.3 is 0 Å². The number of oxazole rings is 1. The van der Waals surface area contributed by atoms with E-state index in [1.807, 2.05) is 55.9 Å². The number of carbonyl (C=O) groups is 1. The lowest BCUT2D eigenvalue weighted by atomic mass is 9.96. The highest BCUT2D eigenvalue weighted by molar-refractivity contribution is 6.36. The van der Waals surface area contributed by atoms with Crippen molar-refractivity contribution in [3.05, 3.63) is 87.5 Å². The van der Waals surface area contributed by atoms with Crippen molar-refractivity contribution in [2.45, 2.75) is 39.3 Å². The van der Waals surface area contributed by atoms with Gasteiger partial charge in [-0.1, -0.05) is 35.9 Å². The Balaban J connectivity index is 1.35. The number of carbonyl (C=O) groups excluding carboxylic acids is 1. The number of nitrogens with zero attached hydrogens (tertiary/aromatic N) is 5. The minimum absolute atomic E-state index is 0.300. The number of halogens is 1. The summed E-state index contributed by atoms with van der Waals surface area (Å²) in [5, 5.41) is 23.6. The smallest absolute Gasteiger partial charge is 0.291 e. The number of imidazole rings is 1. The third kappa shape index (κ3) is 5.08. The molecule has 0 atom stereocenters. The zero-order valence-corrected chi connectivity index (χ0v) is 25.4. The van der Waals surface area contributed by atoms with Crippen LogP contribution in [0.3, 0.4) is 0 Å². The minimum atomic E-state index is -1.14. The Morgan fingerprint density at radius 3 is 2.58 bits per heavy atom. The number of nitrogens with one attached hydrogen (secondary N) is 1. The van der Waals surface area contributed by atoms with Crippen LogP contribution in [0.2, 0.25) is 5.02 Å². The van der Waals surface area contributed by atoms with E-state index in [9.17, 15) is 15.2 Å². The quantitative estimate of drug-likeness (QED) is 0.249. The van der Waals surface area contributed by atoms with Crippen LogP contribution in [0.4, 0.5) is 5.69 Å². The zero-order valence-electron chi connectivity index (χ0n) is 24.6. The molecule has 1 aliphatic rings. The molecule has 218 valence electrons. The summed E-state index contributed by atoms with van der Waals surface area (Å²) in [7, 11) is 3.91. The molecule has 6 rings (SSSR count). The molecule has 0 aliphatic carbocycles. The van der Waals surface area contributed by atoms with Crippen LogP contribution in [0.5, 0.6) is 0 Å². The van der Waals surface area contributed by atoms with E-state index in [1.54, 1.807) is 32.0 Å². The lowest BCUT2D eigenvalue weighted by Crippen LogP contribution is -2.27. The van der Waals surface area contributed by atoms with Crippen molar-refractivity contribution in [1.29, 1.82) is 5.26 Å². The van der Waals surface area contributed by atoms with Gasteiger partial charge in [-0.15, -0.1) is 0 Å². The van der Waals surface area contributed by atoms with Gasteiger partial charge in [0.2, 0.25) is 5.89 Å². The van der Waals surface area contributed by atoms with Gasteiger partial charge in [-0.3, -0.25) is 4.79 Å². The predicted molar refractivity (Wildman–Crippen MR) is 166 cm³/mol. The van der Waals surface area contributed by atoms with E-state index in [1.165, 1.54) is 0 Å². The van der Waals surface area contributed by atoms with E-state index in [2.05, 4.69) is 26.3 Å². The number of benzene rings is 3. The Morgan fingerprint density at radius 2 is 1.84 bits per heavy atom. The standard InChI is InChI=1S/C33H31ClN6O3/c1-18-21(8-6-9-22(18)32-38-25-15-20(33(2,3)42)14-19(16-35)29(25)43-32)23-10-7-11-24(28(23)34)37-31(41)30-36-26-17-39(4)13-12-27(26)40(30)5/h6-11,14-15,42H,12-13,17H2,1-5H3,(H,37,41). The number of fused-ring (bicyclic) bond motifs is 2. The summed E-state index contributed by atoms with van der Waals surface area (Å²) in [5.74, 6) is 0.374. The molecule has 3 aromatic carbocycles. The number of aliphatic hydroxyl groups is 1. The second-order valence-corrected chi connectivity index (χ2v) is 11.9. The maximum absolute atomic E-state index is 13.3. The summed E-state index contributed by atoms with van der Waals surface area (Å²) in [5.41, 5.74) is 6.23. The van der Waals surface area contributed by atoms with Gasteiger partial charge in [0.05, 0.1) is 27.6 Å². The maximum atomic E-state index is 13.3. The van der Waals surface area contributed by atoms with Crippen molar-refractivity contribution in [1.82, 2.24) is 19.4 Å². The average molecular weight is 595 g/mol. The molecule has 9 nitrogen and oxygen atoms in total. The summed E-state index contributed by atoms with van der Waals surface area (Å²) in [4.78, 5) is 24.8. The molecule has 10 heteroatoms. The van der Waals surface area contributed by atoms with E-state index >= 15 is 0 Å². The first-order valence-electron chi connectivity index (χ1n) is 14.0. The van der Waals surface area contributed by atoms with E-state index < -0.39 is 5.60 Å². The van der Waals surface area contributed by atoms with E-state index in [0.717, 1.165) is 46.6 Å². The zero-order chi connectivity index (χ0) is 30.6. The van der Waals surface area contributed by atoms with Crippen LogP contribution in [0.15, 0.2) is 52.9 Å². The summed E-state index contributed by atoms with van der Waals surface area (Å²) in [6.45, 7) is 6.90. The van der Waals surface area contributed by atoms with E-state index in [4.69, 9.17) is 16.0 Å². The number of anilines is 1. The van der Waals surface area contributed by atoms with Gasteiger partial charge in [0, 0.05) is 43.4 Å². The normalized spacial score (nSPS) is 13.6. The lowest BCUT2D eigenvalue weighted by molar-refractivity contribution is 0.0787. The molecule has 2 N–H and O–H groups in total. The van der Waals surface area contributed by atoms with Crippen molar-refractivity contribution in [3.63, 3.8) is 0 Å². The number of aromatic nitrogens is 3. The van der Waals surface area contributed by atoms with Crippen LogP contribution in [0.1, 0.15) is 52.5 Å².